The molecule has 3 aromatic carbocycles. The van der Waals surface area contributed by atoms with Crippen LogP contribution in [-0.2, 0) is 4.79 Å². The van der Waals surface area contributed by atoms with Crippen molar-refractivity contribution in [1.29, 1.82) is 0 Å². The SMILES string of the molecule is O=C(O)COc1ccc(N2C(=O)c3ccc(C(=O)c4cccc([N+](=O)[O-])c4)cc3C2=O)cc1. The van der Waals surface area contributed by atoms with Gasteiger partial charge in [0.1, 0.15) is 5.75 Å². The quantitative estimate of drug-likeness (QED) is 0.252. The van der Waals surface area contributed by atoms with E-state index in [-0.39, 0.29) is 39.4 Å². The molecule has 10 nitrogen and oxygen atoms in total. The number of hydrogen-bond acceptors (Lipinski definition) is 7. The molecule has 1 heterocycles. The van der Waals surface area contributed by atoms with E-state index in [2.05, 4.69) is 0 Å². The number of hydrogen-bond donors (Lipinski definition) is 1. The average molecular weight is 446 g/mol. The standard InChI is InChI=1S/C23H14N2O8/c26-20(27)12-33-17-7-5-15(6-8-17)24-22(29)18-9-4-14(11-19(18)23(24)30)21(28)13-2-1-3-16(10-13)25(31)32/h1-11H,12H2,(H,26,27). The minimum absolute atomic E-state index is 0.0301. The summed E-state index contributed by atoms with van der Waals surface area (Å²) in [4.78, 5) is 60.5. The summed E-state index contributed by atoms with van der Waals surface area (Å²) in [6.07, 6.45) is 0. The van der Waals surface area contributed by atoms with E-state index >= 15 is 0 Å². The van der Waals surface area contributed by atoms with Gasteiger partial charge in [0.15, 0.2) is 12.4 Å². The predicted octanol–water partition coefficient (Wildman–Crippen LogP) is 3.09. The fourth-order valence-electron chi connectivity index (χ4n) is 3.38. The molecular formula is C23H14N2O8. The Kier molecular flexibility index (Phi) is 5.41. The summed E-state index contributed by atoms with van der Waals surface area (Å²) in [7, 11) is 0. The normalized spacial score (nSPS) is 12.4. The fourth-order valence-corrected chi connectivity index (χ4v) is 3.38. The Labute approximate surface area is 185 Å². The maximum atomic E-state index is 13.0. The third kappa shape index (κ3) is 4.04. The number of fused-ring (bicyclic) bond motifs is 1. The molecule has 0 spiro atoms. The van der Waals surface area contributed by atoms with Crippen molar-refractivity contribution in [3.05, 3.63) is 99.1 Å². The molecular weight excluding hydrogens is 432 g/mol. The van der Waals surface area contributed by atoms with E-state index in [1.165, 1.54) is 60.7 Å². The number of anilines is 1. The number of imide groups is 1. The van der Waals surface area contributed by atoms with Gasteiger partial charge in [0, 0.05) is 23.3 Å². The summed E-state index contributed by atoms with van der Waals surface area (Å²) in [5.74, 6) is -2.64. The molecule has 0 saturated carbocycles. The second-order valence-electron chi connectivity index (χ2n) is 7.02. The minimum Gasteiger partial charge on any atom is -0.482 e. The number of non-ortho nitro benzene ring substituents is 1. The van der Waals surface area contributed by atoms with Crippen LogP contribution in [0.4, 0.5) is 11.4 Å². The molecule has 0 atom stereocenters. The lowest BCUT2D eigenvalue weighted by Crippen LogP contribution is -2.29. The first kappa shape index (κ1) is 21.4. The molecule has 1 aliphatic rings. The third-order valence-corrected chi connectivity index (χ3v) is 4.93. The van der Waals surface area contributed by atoms with Gasteiger partial charge in [-0.2, -0.15) is 0 Å². The summed E-state index contributed by atoms with van der Waals surface area (Å²) < 4.78 is 5.04. The summed E-state index contributed by atoms with van der Waals surface area (Å²) in [6, 6.07) is 15.0. The maximum Gasteiger partial charge on any atom is 0.341 e. The predicted molar refractivity (Wildman–Crippen MR) is 114 cm³/mol. The van der Waals surface area contributed by atoms with Crippen LogP contribution in [0.2, 0.25) is 0 Å². The number of carbonyl (C=O) groups is 4. The number of amides is 2. The smallest absolute Gasteiger partial charge is 0.341 e. The van der Waals surface area contributed by atoms with Gasteiger partial charge >= 0.3 is 5.97 Å². The number of nitro benzene ring substituents is 1. The van der Waals surface area contributed by atoms with Crippen molar-refractivity contribution in [3.63, 3.8) is 0 Å². The van der Waals surface area contributed by atoms with Gasteiger partial charge in [-0.15, -0.1) is 0 Å². The van der Waals surface area contributed by atoms with Crippen LogP contribution in [0.15, 0.2) is 66.7 Å². The summed E-state index contributed by atoms with van der Waals surface area (Å²) in [5, 5.41) is 19.6. The van der Waals surface area contributed by atoms with Crippen LogP contribution in [0.5, 0.6) is 5.75 Å². The number of ketones is 1. The number of nitro groups is 1. The second kappa shape index (κ2) is 8.35. The Hall–Kier alpha value is -4.86. The molecule has 33 heavy (non-hydrogen) atoms. The van der Waals surface area contributed by atoms with Gasteiger partial charge in [-0.05, 0) is 36.4 Å². The number of carbonyl (C=O) groups excluding carboxylic acids is 3. The van der Waals surface area contributed by atoms with Gasteiger partial charge in [-0.1, -0.05) is 18.2 Å². The number of aliphatic carboxylic acids is 1. The van der Waals surface area contributed by atoms with E-state index in [1.54, 1.807) is 0 Å². The fraction of sp³-hybridized carbons (Fsp3) is 0.0435. The monoisotopic (exact) mass is 446 g/mol. The Morgan fingerprint density at radius 1 is 0.909 bits per heavy atom. The van der Waals surface area contributed by atoms with Crippen molar-refractivity contribution in [3.8, 4) is 5.75 Å². The molecule has 164 valence electrons. The Morgan fingerprint density at radius 2 is 1.58 bits per heavy atom. The Bertz CT molecular complexity index is 1330. The number of carboxylic acids is 1. The second-order valence-corrected chi connectivity index (χ2v) is 7.02. The number of nitrogens with zero attached hydrogens (tertiary/aromatic N) is 2. The lowest BCUT2D eigenvalue weighted by atomic mass is 9.99. The van der Waals surface area contributed by atoms with E-state index in [9.17, 15) is 29.3 Å². The summed E-state index contributed by atoms with van der Waals surface area (Å²) in [5.41, 5.74) is 0.333. The van der Waals surface area contributed by atoms with Crippen molar-refractivity contribution in [1.82, 2.24) is 0 Å². The molecule has 0 radical (unpaired) electrons. The van der Waals surface area contributed by atoms with E-state index in [4.69, 9.17) is 9.84 Å². The van der Waals surface area contributed by atoms with E-state index < -0.39 is 35.1 Å². The highest BCUT2D eigenvalue weighted by molar-refractivity contribution is 6.34. The van der Waals surface area contributed by atoms with E-state index in [0.717, 1.165) is 11.0 Å². The molecule has 0 aromatic heterocycles. The Morgan fingerprint density at radius 3 is 2.24 bits per heavy atom. The lowest BCUT2D eigenvalue weighted by molar-refractivity contribution is -0.384. The highest BCUT2D eigenvalue weighted by Crippen LogP contribution is 2.31. The molecule has 4 rings (SSSR count). The van der Waals surface area contributed by atoms with Crippen molar-refractivity contribution in [2.24, 2.45) is 0 Å². The van der Waals surface area contributed by atoms with Gasteiger partial charge in [0.05, 0.1) is 21.7 Å². The molecule has 0 fully saturated rings. The molecule has 10 heteroatoms. The van der Waals surface area contributed by atoms with Gasteiger partial charge in [0.2, 0.25) is 0 Å². The lowest BCUT2D eigenvalue weighted by Gasteiger charge is -2.14. The van der Waals surface area contributed by atoms with Gasteiger partial charge < -0.3 is 9.84 Å². The van der Waals surface area contributed by atoms with Gasteiger partial charge in [-0.25, -0.2) is 9.69 Å². The topological polar surface area (TPSA) is 144 Å². The molecule has 1 aliphatic heterocycles. The molecule has 0 aliphatic carbocycles. The van der Waals surface area contributed by atoms with Crippen LogP contribution in [-0.4, -0.2) is 40.2 Å². The first-order chi connectivity index (χ1) is 15.8. The molecule has 2 amide bonds. The van der Waals surface area contributed by atoms with Crippen LogP contribution >= 0.6 is 0 Å². The molecule has 0 unspecified atom stereocenters. The number of ether oxygens (including phenoxy) is 1. The molecule has 0 saturated heterocycles. The number of rotatable bonds is 7. The van der Waals surface area contributed by atoms with Crippen molar-refractivity contribution >= 4 is 34.9 Å². The largest absolute Gasteiger partial charge is 0.482 e. The zero-order valence-electron chi connectivity index (χ0n) is 16.8. The van der Waals surface area contributed by atoms with Crippen molar-refractivity contribution in [2.45, 2.75) is 0 Å². The highest BCUT2D eigenvalue weighted by atomic mass is 16.6. The zero-order chi connectivity index (χ0) is 23.7. The summed E-state index contributed by atoms with van der Waals surface area (Å²) >= 11 is 0. The van der Waals surface area contributed by atoms with Crippen LogP contribution in [0.3, 0.4) is 0 Å². The van der Waals surface area contributed by atoms with Gasteiger partial charge in [-0.3, -0.25) is 24.5 Å². The molecule has 1 N–H and O–H groups in total. The third-order valence-electron chi connectivity index (χ3n) is 4.93. The first-order valence-corrected chi connectivity index (χ1v) is 9.53. The van der Waals surface area contributed by atoms with Crippen molar-refractivity contribution < 1.29 is 33.9 Å². The zero-order valence-corrected chi connectivity index (χ0v) is 16.8. The van der Waals surface area contributed by atoms with Crippen LogP contribution in [0.25, 0.3) is 0 Å². The van der Waals surface area contributed by atoms with Crippen molar-refractivity contribution in [2.75, 3.05) is 11.5 Å². The van der Waals surface area contributed by atoms with Crippen LogP contribution < -0.4 is 9.64 Å². The maximum absolute atomic E-state index is 13.0. The van der Waals surface area contributed by atoms with Crippen LogP contribution in [0, 0.1) is 10.1 Å². The van der Waals surface area contributed by atoms with E-state index in [1.807, 2.05) is 0 Å². The number of carboxylic acid groups (broad SMARTS) is 1. The average Bonchev–Trinajstić information content (AvgIpc) is 3.07. The van der Waals surface area contributed by atoms with E-state index in [0.29, 0.717) is 0 Å². The molecule has 3 aromatic rings. The minimum atomic E-state index is -1.14. The highest BCUT2D eigenvalue weighted by Gasteiger charge is 2.37. The molecule has 0 bridgehead atoms. The van der Waals surface area contributed by atoms with Gasteiger partial charge in [0.25, 0.3) is 17.5 Å². The Balaban J connectivity index is 1.61. The van der Waals surface area contributed by atoms with Crippen LogP contribution in [0.1, 0.15) is 36.6 Å². The number of benzene rings is 3. The summed E-state index contributed by atoms with van der Waals surface area (Å²) in [6.45, 7) is -0.534. The first-order valence-electron chi connectivity index (χ1n) is 9.53.